The number of aliphatic hydroxyl groups excluding tert-OH is 2. The Kier molecular flexibility index (Phi) is 5.97. The second kappa shape index (κ2) is 8.43. The number of rotatable bonds is 4. The number of hydrogen-bond acceptors (Lipinski definition) is 6. The Morgan fingerprint density at radius 2 is 1.72 bits per heavy atom. The molecule has 0 saturated carbocycles. The Morgan fingerprint density at radius 1 is 1.09 bits per heavy atom. The third-order valence-electron chi connectivity index (χ3n) is 5.78. The van der Waals surface area contributed by atoms with Gasteiger partial charge in [0.25, 0.3) is 0 Å². The van der Waals surface area contributed by atoms with E-state index in [1.807, 2.05) is 0 Å². The topological polar surface area (TPSA) is 102 Å². The highest BCUT2D eigenvalue weighted by Crippen LogP contribution is 2.36. The predicted octanol–water partition coefficient (Wildman–Crippen LogP) is 1.99. The fourth-order valence-corrected chi connectivity index (χ4v) is 4.19. The molecule has 1 saturated heterocycles. The van der Waals surface area contributed by atoms with Gasteiger partial charge in [-0.15, -0.1) is 0 Å². The normalized spacial score (nSPS) is 22.3. The van der Waals surface area contributed by atoms with E-state index in [-0.39, 0.29) is 35.2 Å². The summed E-state index contributed by atoms with van der Waals surface area (Å²) < 4.78 is 48.2. The van der Waals surface area contributed by atoms with Crippen LogP contribution in [0.25, 0.3) is 0 Å². The van der Waals surface area contributed by atoms with Crippen LogP contribution in [0.15, 0.2) is 24.3 Å². The Hall–Kier alpha value is -2.53. The van der Waals surface area contributed by atoms with Crippen LogP contribution in [0.3, 0.4) is 0 Å². The van der Waals surface area contributed by atoms with Crippen LogP contribution in [0.1, 0.15) is 12.0 Å². The average molecular weight is 473 g/mol. The van der Waals surface area contributed by atoms with Gasteiger partial charge in [-0.2, -0.15) is 0 Å². The largest absolute Gasteiger partial charge is 0.490 e. The number of amides is 1. The molecule has 0 unspecified atom stereocenters. The van der Waals surface area contributed by atoms with Gasteiger partial charge in [0.1, 0.15) is 36.1 Å². The SMILES string of the molecule is O=C1CCc2c(OCC3(O)[C@H](O)CN(c4c(F)cc(Cl)cc4F)C[C@H]3O)ccc(F)c2N1. The highest BCUT2D eigenvalue weighted by molar-refractivity contribution is 6.30. The summed E-state index contributed by atoms with van der Waals surface area (Å²) in [6, 6.07) is 4.21. The molecule has 0 radical (unpaired) electrons. The van der Waals surface area contributed by atoms with E-state index in [4.69, 9.17) is 16.3 Å². The summed E-state index contributed by atoms with van der Waals surface area (Å²) in [7, 11) is 0. The van der Waals surface area contributed by atoms with E-state index in [9.17, 15) is 33.3 Å². The third-order valence-corrected chi connectivity index (χ3v) is 6.00. The first-order valence-corrected chi connectivity index (χ1v) is 10.2. The molecule has 2 heterocycles. The number of hydrogen-bond donors (Lipinski definition) is 4. The highest BCUT2D eigenvalue weighted by atomic mass is 35.5. The lowest BCUT2D eigenvalue weighted by molar-refractivity contribution is -0.169. The molecule has 2 aromatic carbocycles. The third kappa shape index (κ3) is 3.99. The maximum Gasteiger partial charge on any atom is 0.224 e. The van der Waals surface area contributed by atoms with Crippen molar-refractivity contribution in [3.8, 4) is 5.75 Å². The minimum absolute atomic E-state index is 0.0182. The van der Waals surface area contributed by atoms with Gasteiger partial charge in [0, 0.05) is 30.1 Å². The van der Waals surface area contributed by atoms with Crippen LogP contribution >= 0.6 is 11.6 Å². The number of benzene rings is 2. The van der Waals surface area contributed by atoms with E-state index in [1.165, 1.54) is 6.07 Å². The first-order valence-electron chi connectivity index (χ1n) is 9.82. The minimum Gasteiger partial charge on any atom is -0.490 e. The van der Waals surface area contributed by atoms with Gasteiger partial charge >= 0.3 is 0 Å². The zero-order valence-corrected chi connectivity index (χ0v) is 17.4. The zero-order valence-electron chi connectivity index (χ0n) is 16.6. The number of piperidine rings is 1. The monoisotopic (exact) mass is 472 g/mol. The fourth-order valence-electron chi connectivity index (χ4n) is 3.99. The highest BCUT2D eigenvalue weighted by Gasteiger charge is 2.49. The molecule has 1 fully saturated rings. The van der Waals surface area contributed by atoms with Crippen molar-refractivity contribution in [2.45, 2.75) is 30.7 Å². The Labute approximate surface area is 186 Å². The second-order valence-corrected chi connectivity index (χ2v) is 8.32. The number of nitrogens with one attached hydrogen (secondary N) is 1. The molecule has 0 bridgehead atoms. The molecule has 4 rings (SSSR count). The van der Waals surface area contributed by atoms with Crippen molar-refractivity contribution < 1.29 is 38.0 Å². The molecule has 4 N–H and O–H groups in total. The van der Waals surface area contributed by atoms with Crippen LogP contribution in [0.2, 0.25) is 5.02 Å². The van der Waals surface area contributed by atoms with Crippen molar-refractivity contribution in [3.63, 3.8) is 0 Å². The molecule has 7 nitrogen and oxygen atoms in total. The van der Waals surface area contributed by atoms with Crippen molar-refractivity contribution in [2.24, 2.45) is 0 Å². The van der Waals surface area contributed by atoms with Crippen molar-refractivity contribution in [2.75, 3.05) is 29.9 Å². The van der Waals surface area contributed by atoms with E-state index in [2.05, 4.69) is 5.32 Å². The van der Waals surface area contributed by atoms with Gasteiger partial charge in [0.15, 0.2) is 17.2 Å². The molecular formula is C21H20ClF3N2O5. The first-order chi connectivity index (χ1) is 15.1. The summed E-state index contributed by atoms with van der Waals surface area (Å²) in [5.74, 6) is -2.76. The summed E-state index contributed by atoms with van der Waals surface area (Å²) in [6.45, 7) is -1.38. The summed E-state index contributed by atoms with van der Waals surface area (Å²) in [5, 5.41) is 34.3. The van der Waals surface area contributed by atoms with E-state index in [0.29, 0.717) is 5.56 Å². The van der Waals surface area contributed by atoms with E-state index >= 15 is 0 Å². The molecule has 172 valence electrons. The molecule has 0 aliphatic carbocycles. The number of anilines is 2. The molecular weight excluding hydrogens is 453 g/mol. The molecule has 32 heavy (non-hydrogen) atoms. The number of aliphatic hydroxyl groups is 3. The molecule has 2 aromatic rings. The quantitative estimate of drug-likeness (QED) is 0.543. The Morgan fingerprint density at radius 3 is 2.34 bits per heavy atom. The van der Waals surface area contributed by atoms with Gasteiger partial charge in [-0.1, -0.05) is 11.6 Å². The van der Waals surface area contributed by atoms with E-state index in [0.717, 1.165) is 23.1 Å². The van der Waals surface area contributed by atoms with Gasteiger partial charge in [-0.3, -0.25) is 4.79 Å². The standard InChI is InChI=1S/C21H20ClF3N2O5/c22-10-5-13(24)20(14(25)6-10)27-7-16(28)21(31,17(29)8-27)9-32-15-3-2-12(23)19-11(15)1-4-18(30)26-19/h2-3,5-6,16-17,28-29,31H,1,4,7-9H2,(H,26,30)/t16-,17-/m1/s1. The molecule has 2 aliphatic rings. The maximum absolute atomic E-state index is 14.3. The van der Waals surface area contributed by atoms with Crippen LogP contribution in [0, 0.1) is 17.5 Å². The summed E-state index contributed by atoms with van der Waals surface area (Å²) in [5.41, 5.74) is -2.29. The number of ether oxygens (including phenoxy) is 1. The van der Waals surface area contributed by atoms with Crippen molar-refractivity contribution in [1.29, 1.82) is 0 Å². The van der Waals surface area contributed by atoms with Crippen LogP contribution in [-0.4, -0.2) is 58.7 Å². The number of carbonyl (C=O) groups excluding carboxylic acids is 1. The van der Waals surface area contributed by atoms with Crippen molar-refractivity contribution >= 4 is 28.9 Å². The van der Waals surface area contributed by atoms with Crippen molar-refractivity contribution in [3.05, 3.63) is 52.3 Å². The lowest BCUT2D eigenvalue weighted by Gasteiger charge is -2.46. The van der Waals surface area contributed by atoms with Gasteiger partial charge in [-0.05, 0) is 30.7 Å². The van der Waals surface area contributed by atoms with E-state index < -0.39 is 60.6 Å². The maximum atomic E-state index is 14.3. The fraction of sp³-hybridized carbons (Fsp3) is 0.381. The van der Waals surface area contributed by atoms with Gasteiger partial charge in [-0.25, -0.2) is 13.2 Å². The number of halogens is 4. The number of nitrogens with zero attached hydrogens (tertiary/aromatic N) is 1. The minimum atomic E-state index is -2.17. The van der Waals surface area contributed by atoms with Crippen LogP contribution in [0.4, 0.5) is 24.5 Å². The Bertz CT molecular complexity index is 1030. The number of β-amino-alcohol motifs (C(OH)–C–C–N with tert-alkyl or cyclic N) is 2. The molecule has 0 aromatic heterocycles. The zero-order chi connectivity index (χ0) is 23.2. The molecule has 11 heteroatoms. The van der Waals surface area contributed by atoms with Crippen LogP contribution < -0.4 is 15.0 Å². The van der Waals surface area contributed by atoms with Gasteiger partial charge in [0.2, 0.25) is 5.91 Å². The van der Waals surface area contributed by atoms with Gasteiger partial charge in [0.05, 0.1) is 5.69 Å². The molecule has 0 spiro atoms. The second-order valence-electron chi connectivity index (χ2n) is 7.88. The van der Waals surface area contributed by atoms with Crippen LogP contribution in [0.5, 0.6) is 5.75 Å². The predicted molar refractivity (Wildman–Crippen MR) is 109 cm³/mol. The molecule has 2 aliphatic heterocycles. The van der Waals surface area contributed by atoms with Crippen LogP contribution in [-0.2, 0) is 11.2 Å². The summed E-state index contributed by atoms with van der Waals surface area (Å²) >= 11 is 5.63. The lowest BCUT2D eigenvalue weighted by atomic mass is 9.86. The van der Waals surface area contributed by atoms with E-state index in [1.54, 1.807) is 0 Å². The lowest BCUT2D eigenvalue weighted by Crippen LogP contribution is -2.67. The Balaban J connectivity index is 1.53. The smallest absolute Gasteiger partial charge is 0.224 e. The van der Waals surface area contributed by atoms with Crippen molar-refractivity contribution in [1.82, 2.24) is 0 Å². The number of fused-ring (bicyclic) bond motifs is 1. The molecule has 1 amide bonds. The van der Waals surface area contributed by atoms with Gasteiger partial charge < -0.3 is 30.3 Å². The number of carbonyl (C=O) groups is 1. The average Bonchev–Trinajstić information content (AvgIpc) is 2.71. The first kappa shape index (κ1) is 22.7. The summed E-state index contributed by atoms with van der Waals surface area (Å²) in [6.07, 6.45) is -2.95. The molecule has 2 atom stereocenters. The summed E-state index contributed by atoms with van der Waals surface area (Å²) in [4.78, 5) is 12.6.